The molecule has 5 heteroatoms. The molecule has 1 saturated carbocycles. The molecule has 1 aliphatic rings. The number of nitrogens with zero attached hydrogens (tertiary/aromatic N) is 1. The van der Waals surface area contributed by atoms with Crippen molar-refractivity contribution in [2.45, 2.75) is 45.3 Å². The molecule has 1 amide bonds. The number of carbonyl (C=O) groups excluding carboxylic acids is 1. The van der Waals surface area contributed by atoms with Crippen LogP contribution in [0.25, 0.3) is 0 Å². The van der Waals surface area contributed by atoms with Gasteiger partial charge in [-0.15, -0.1) is 0 Å². The maximum atomic E-state index is 12.5. The third kappa shape index (κ3) is 3.62. The van der Waals surface area contributed by atoms with Gasteiger partial charge in [-0.1, -0.05) is 30.3 Å². The summed E-state index contributed by atoms with van der Waals surface area (Å²) in [6.45, 7) is 3.50. The van der Waals surface area contributed by atoms with Gasteiger partial charge in [-0.25, -0.2) is 4.98 Å². The highest BCUT2D eigenvalue weighted by atomic mass is 16.4. The first kappa shape index (κ1) is 15.7. The van der Waals surface area contributed by atoms with E-state index in [4.69, 9.17) is 4.42 Å². The molecule has 0 radical (unpaired) electrons. The molecular weight excluding hydrogens is 292 g/mol. The maximum Gasteiger partial charge on any atom is 0.289 e. The van der Waals surface area contributed by atoms with Crippen molar-refractivity contribution < 1.29 is 14.3 Å². The minimum atomic E-state index is -0.246. The average Bonchev–Trinajstić information content (AvgIpc) is 2.83. The van der Waals surface area contributed by atoms with E-state index in [0.29, 0.717) is 17.5 Å². The van der Waals surface area contributed by atoms with Crippen LogP contribution in [0.3, 0.4) is 0 Å². The summed E-state index contributed by atoms with van der Waals surface area (Å²) in [5.74, 6) is 0.829. The first-order valence-electron chi connectivity index (χ1n) is 8.00. The van der Waals surface area contributed by atoms with Crippen LogP contribution in [-0.2, 0) is 6.42 Å². The Kier molecular flexibility index (Phi) is 4.48. The van der Waals surface area contributed by atoms with E-state index in [1.807, 2.05) is 18.2 Å². The SMILES string of the molecule is Cc1nc(C)c(C(=O)NC(Cc2ccccc2)C2CC(O)C2)o1. The van der Waals surface area contributed by atoms with Gasteiger partial charge in [0.1, 0.15) is 0 Å². The summed E-state index contributed by atoms with van der Waals surface area (Å²) >= 11 is 0. The van der Waals surface area contributed by atoms with Gasteiger partial charge >= 0.3 is 0 Å². The second-order valence-electron chi connectivity index (χ2n) is 6.30. The number of aryl methyl sites for hydroxylation is 2. The van der Waals surface area contributed by atoms with Crippen LogP contribution in [0.2, 0.25) is 0 Å². The Bertz CT molecular complexity index is 675. The first-order chi connectivity index (χ1) is 11.0. The van der Waals surface area contributed by atoms with Gasteiger partial charge in [0.05, 0.1) is 11.8 Å². The Morgan fingerprint density at radius 2 is 2.04 bits per heavy atom. The van der Waals surface area contributed by atoms with E-state index in [-0.39, 0.29) is 23.8 Å². The lowest BCUT2D eigenvalue weighted by molar-refractivity contribution is 0.0236. The lowest BCUT2D eigenvalue weighted by Crippen LogP contribution is -2.48. The minimum Gasteiger partial charge on any atom is -0.436 e. The number of benzene rings is 1. The zero-order valence-electron chi connectivity index (χ0n) is 13.5. The molecule has 1 unspecified atom stereocenters. The summed E-state index contributed by atoms with van der Waals surface area (Å²) in [5, 5.41) is 12.7. The highest BCUT2D eigenvalue weighted by molar-refractivity contribution is 5.92. The second-order valence-corrected chi connectivity index (χ2v) is 6.30. The van der Waals surface area contributed by atoms with Gasteiger partial charge < -0.3 is 14.8 Å². The largest absolute Gasteiger partial charge is 0.436 e. The van der Waals surface area contributed by atoms with E-state index in [9.17, 15) is 9.90 Å². The average molecular weight is 314 g/mol. The van der Waals surface area contributed by atoms with Crippen LogP contribution in [-0.4, -0.2) is 28.1 Å². The minimum absolute atomic E-state index is 0.0156. The van der Waals surface area contributed by atoms with Crippen molar-refractivity contribution in [2.75, 3.05) is 0 Å². The number of hydrogen-bond donors (Lipinski definition) is 2. The van der Waals surface area contributed by atoms with Crippen LogP contribution < -0.4 is 5.32 Å². The highest BCUT2D eigenvalue weighted by Crippen LogP contribution is 2.32. The number of amides is 1. The number of hydrogen-bond acceptors (Lipinski definition) is 4. The molecule has 1 aliphatic carbocycles. The molecule has 5 nitrogen and oxygen atoms in total. The predicted molar refractivity (Wildman–Crippen MR) is 86.1 cm³/mol. The maximum absolute atomic E-state index is 12.5. The Labute approximate surface area is 135 Å². The van der Waals surface area contributed by atoms with E-state index in [2.05, 4.69) is 22.4 Å². The molecule has 1 aromatic heterocycles. The van der Waals surface area contributed by atoms with E-state index in [0.717, 1.165) is 19.3 Å². The summed E-state index contributed by atoms with van der Waals surface area (Å²) < 4.78 is 5.41. The van der Waals surface area contributed by atoms with Crippen LogP contribution in [0.4, 0.5) is 0 Å². The zero-order chi connectivity index (χ0) is 16.4. The van der Waals surface area contributed by atoms with Crippen molar-refractivity contribution in [1.82, 2.24) is 10.3 Å². The molecule has 0 spiro atoms. The zero-order valence-corrected chi connectivity index (χ0v) is 13.5. The van der Waals surface area contributed by atoms with Crippen LogP contribution in [0, 0.1) is 19.8 Å². The van der Waals surface area contributed by atoms with Gasteiger partial charge in [0, 0.05) is 13.0 Å². The summed E-state index contributed by atoms with van der Waals surface area (Å²) in [6.07, 6.45) is 1.96. The first-order valence-corrected chi connectivity index (χ1v) is 8.00. The Hall–Kier alpha value is -2.14. The molecule has 23 heavy (non-hydrogen) atoms. The fraction of sp³-hybridized carbons (Fsp3) is 0.444. The topological polar surface area (TPSA) is 75.4 Å². The third-order valence-corrected chi connectivity index (χ3v) is 4.44. The van der Waals surface area contributed by atoms with E-state index < -0.39 is 0 Å². The van der Waals surface area contributed by atoms with E-state index in [1.54, 1.807) is 13.8 Å². The number of oxazole rings is 1. The number of aromatic nitrogens is 1. The van der Waals surface area contributed by atoms with Crippen molar-refractivity contribution >= 4 is 5.91 Å². The Morgan fingerprint density at radius 1 is 1.35 bits per heavy atom. The molecule has 1 fully saturated rings. The highest BCUT2D eigenvalue weighted by Gasteiger charge is 2.35. The van der Waals surface area contributed by atoms with Crippen LogP contribution in [0.15, 0.2) is 34.7 Å². The monoisotopic (exact) mass is 314 g/mol. The molecule has 0 saturated heterocycles. The van der Waals surface area contributed by atoms with Crippen molar-refractivity contribution in [3.63, 3.8) is 0 Å². The molecule has 1 heterocycles. The van der Waals surface area contributed by atoms with E-state index in [1.165, 1.54) is 5.56 Å². The fourth-order valence-electron chi connectivity index (χ4n) is 3.14. The van der Waals surface area contributed by atoms with Crippen molar-refractivity contribution in [2.24, 2.45) is 5.92 Å². The molecule has 122 valence electrons. The molecule has 2 N–H and O–H groups in total. The number of nitrogens with one attached hydrogen (secondary N) is 1. The summed E-state index contributed by atoms with van der Waals surface area (Å²) in [4.78, 5) is 16.6. The number of aliphatic hydroxyl groups is 1. The molecule has 1 aromatic carbocycles. The summed E-state index contributed by atoms with van der Waals surface area (Å²) in [6, 6.07) is 10.1. The van der Waals surface area contributed by atoms with Crippen molar-refractivity contribution in [3.8, 4) is 0 Å². The van der Waals surface area contributed by atoms with E-state index >= 15 is 0 Å². The van der Waals surface area contributed by atoms with Gasteiger partial charge in [-0.05, 0) is 37.7 Å². The number of rotatable bonds is 5. The fourth-order valence-corrected chi connectivity index (χ4v) is 3.14. The third-order valence-electron chi connectivity index (χ3n) is 4.44. The Morgan fingerprint density at radius 3 is 2.61 bits per heavy atom. The molecule has 0 aliphatic heterocycles. The van der Waals surface area contributed by atoms with Crippen molar-refractivity contribution in [3.05, 3.63) is 53.2 Å². The quantitative estimate of drug-likeness (QED) is 0.888. The van der Waals surface area contributed by atoms with Gasteiger partial charge in [0.25, 0.3) is 5.91 Å². The molecule has 1 atom stereocenters. The van der Waals surface area contributed by atoms with Gasteiger partial charge in [-0.2, -0.15) is 0 Å². The van der Waals surface area contributed by atoms with Crippen LogP contribution in [0.5, 0.6) is 0 Å². The second kappa shape index (κ2) is 6.54. The standard InChI is InChI=1S/C18H22N2O3/c1-11-17(23-12(2)19-11)18(22)20-16(14-9-15(21)10-14)8-13-6-4-3-5-7-13/h3-7,14-16,21H,8-10H2,1-2H3,(H,20,22). The predicted octanol–water partition coefficient (Wildman–Crippen LogP) is 2.40. The van der Waals surface area contributed by atoms with Gasteiger partial charge in [0.15, 0.2) is 5.89 Å². The van der Waals surface area contributed by atoms with Crippen molar-refractivity contribution in [1.29, 1.82) is 0 Å². The lowest BCUT2D eigenvalue weighted by atomic mass is 9.75. The molecule has 2 aromatic rings. The molecular formula is C18H22N2O3. The van der Waals surface area contributed by atoms with Gasteiger partial charge in [0.2, 0.25) is 5.76 Å². The summed E-state index contributed by atoms with van der Waals surface area (Å²) in [7, 11) is 0. The molecule has 0 bridgehead atoms. The lowest BCUT2D eigenvalue weighted by Gasteiger charge is -2.38. The summed E-state index contributed by atoms with van der Waals surface area (Å²) in [5.41, 5.74) is 1.77. The van der Waals surface area contributed by atoms with Crippen LogP contribution in [0.1, 0.15) is 40.5 Å². The Balaban J connectivity index is 1.73. The normalized spacial score (nSPS) is 21.5. The number of carbonyl (C=O) groups is 1. The number of aliphatic hydroxyl groups excluding tert-OH is 1. The van der Waals surface area contributed by atoms with Gasteiger partial charge in [-0.3, -0.25) is 4.79 Å². The smallest absolute Gasteiger partial charge is 0.289 e. The van der Waals surface area contributed by atoms with Crippen LogP contribution >= 0.6 is 0 Å². The molecule has 3 rings (SSSR count).